The van der Waals surface area contributed by atoms with E-state index in [1.54, 1.807) is 6.92 Å². The first kappa shape index (κ1) is 12.3. The van der Waals surface area contributed by atoms with Gasteiger partial charge in [-0.15, -0.1) is 0 Å². The normalized spacial score (nSPS) is 18.6. The molecule has 0 saturated heterocycles. The minimum Gasteiger partial charge on any atom is -0.505 e. The number of benzene rings is 1. The fourth-order valence-corrected chi connectivity index (χ4v) is 2.52. The topological polar surface area (TPSA) is 55.8 Å². The molecule has 1 aromatic rings. The molecule has 0 aromatic heterocycles. The van der Waals surface area contributed by atoms with Gasteiger partial charge in [-0.2, -0.15) is 0 Å². The Morgan fingerprint density at radius 3 is 2.65 bits per heavy atom. The van der Waals surface area contributed by atoms with Crippen LogP contribution in [-0.2, 0) is 11.2 Å². The number of cyclic esters (lactones) is 1. The predicted octanol–water partition coefficient (Wildman–Crippen LogP) is 2.81. The van der Waals surface area contributed by atoms with Gasteiger partial charge >= 0.3 is 5.97 Å². The lowest BCUT2D eigenvalue weighted by Crippen LogP contribution is -2.25. The molecule has 1 aromatic carbocycles. The number of aromatic hydroxyl groups is 1. The first-order valence-electron chi connectivity index (χ1n) is 4.95. The standard InChI is InChI=1S/C11H10Cl2O4/c1-4-3-5-6(11(15)17-4)9(14)8(13)10(16-2)7(5)12/h4,14H,3H2,1-2H3/t4-/m1/s1. The van der Waals surface area contributed by atoms with Crippen molar-refractivity contribution in [3.05, 3.63) is 21.2 Å². The zero-order chi connectivity index (χ0) is 12.7. The van der Waals surface area contributed by atoms with Crippen molar-refractivity contribution < 1.29 is 19.4 Å². The van der Waals surface area contributed by atoms with Gasteiger partial charge in [0.05, 0.1) is 12.1 Å². The van der Waals surface area contributed by atoms with Gasteiger partial charge in [0.15, 0.2) is 11.5 Å². The Labute approximate surface area is 108 Å². The molecule has 0 unspecified atom stereocenters. The molecule has 1 N–H and O–H groups in total. The van der Waals surface area contributed by atoms with Crippen LogP contribution in [0.2, 0.25) is 10.0 Å². The Morgan fingerprint density at radius 1 is 1.41 bits per heavy atom. The van der Waals surface area contributed by atoms with Crippen LogP contribution in [0, 0.1) is 0 Å². The number of rotatable bonds is 1. The number of carbonyl (C=O) groups is 1. The van der Waals surface area contributed by atoms with Crippen molar-refractivity contribution in [2.24, 2.45) is 0 Å². The SMILES string of the molecule is COc1c(Cl)c(O)c2c(c1Cl)C[C@@H](C)OC2=O. The zero-order valence-corrected chi connectivity index (χ0v) is 10.7. The highest BCUT2D eigenvalue weighted by Gasteiger charge is 2.33. The summed E-state index contributed by atoms with van der Waals surface area (Å²) >= 11 is 12.0. The van der Waals surface area contributed by atoms with Crippen LogP contribution < -0.4 is 4.74 Å². The molecular weight excluding hydrogens is 267 g/mol. The van der Waals surface area contributed by atoms with Gasteiger partial charge < -0.3 is 14.6 Å². The van der Waals surface area contributed by atoms with E-state index in [0.29, 0.717) is 12.0 Å². The van der Waals surface area contributed by atoms with Gasteiger partial charge in [-0.05, 0) is 12.5 Å². The van der Waals surface area contributed by atoms with E-state index in [-0.39, 0.29) is 33.2 Å². The third kappa shape index (κ3) is 1.81. The fourth-order valence-electron chi connectivity index (χ4n) is 1.86. The molecular formula is C11H10Cl2O4. The van der Waals surface area contributed by atoms with Gasteiger partial charge in [0, 0.05) is 6.42 Å². The number of halogens is 2. The summed E-state index contributed by atoms with van der Waals surface area (Å²) in [6.07, 6.45) is 0.124. The van der Waals surface area contributed by atoms with Crippen molar-refractivity contribution in [1.82, 2.24) is 0 Å². The number of hydrogen-bond donors (Lipinski definition) is 1. The van der Waals surface area contributed by atoms with Gasteiger partial charge in [0.2, 0.25) is 0 Å². The highest BCUT2D eigenvalue weighted by Crippen LogP contribution is 2.46. The molecule has 0 aliphatic carbocycles. The van der Waals surface area contributed by atoms with E-state index in [9.17, 15) is 9.90 Å². The summed E-state index contributed by atoms with van der Waals surface area (Å²) in [7, 11) is 1.39. The summed E-state index contributed by atoms with van der Waals surface area (Å²) < 4.78 is 10.0. The maximum Gasteiger partial charge on any atom is 0.342 e. The molecule has 1 atom stereocenters. The molecule has 0 bridgehead atoms. The maximum absolute atomic E-state index is 11.7. The number of hydrogen-bond acceptors (Lipinski definition) is 4. The van der Waals surface area contributed by atoms with E-state index in [0.717, 1.165) is 0 Å². The predicted molar refractivity (Wildman–Crippen MR) is 63.3 cm³/mol. The number of phenolic OH excluding ortho intramolecular Hbond substituents is 1. The second-order valence-electron chi connectivity index (χ2n) is 3.78. The molecule has 0 radical (unpaired) electrons. The molecule has 92 valence electrons. The van der Waals surface area contributed by atoms with E-state index in [1.807, 2.05) is 0 Å². The van der Waals surface area contributed by atoms with Gasteiger partial charge in [0.1, 0.15) is 16.7 Å². The van der Waals surface area contributed by atoms with E-state index < -0.39 is 5.97 Å². The second kappa shape index (κ2) is 4.27. The number of fused-ring (bicyclic) bond motifs is 1. The summed E-state index contributed by atoms with van der Waals surface area (Å²) in [5.74, 6) is -0.797. The molecule has 0 fully saturated rings. The van der Waals surface area contributed by atoms with E-state index in [2.05, 4.69) is 0 Å². The van der Waals surface area contributed by atoms with Crippen molar-refractivity contribution in [3.63, 3.8) is 0 Å². The minimum absolute atomic E-state index is 0.0268. The fraction of sp³-hybridized carbons (Fsp3) is 0.364. The lowest BCUT2D eigenvalue weighted by molar-refractivity contribution is 0.0297. The quantitative estimate of drug-likeness (QED) is 0.802. The third-order valence-corrected chi connectivity index (χ3v) is 3.37. The highest BCUT2D eigenvalue weighted by molar-refractivity contribution is 6.39. The van der Waals surface area contributed by atoms with Crippen molar-refractivity contribution in [2.45, 2.75) is 19.4 Å². The average molecular weight is 277 g/mol. The van der Waals surface area contributed by atoms with Crippen LogP contribution in [0.3, 0.4) is 0 Å². The molecule has 1 aliphatic heterocycles. The Bertz CT molecular complexity index is 499. The van der Waals surface area contributed by atoms with Gasteiger partial charge in [0.25, 0.3) is 0 Å². The highest BCUT2D eigenvalue weighted by atomic mass is 35.5. The Balaban J connectivity index is 2.75. The summed E-state index contributed by atoms with van der Waals surface area (Å²) in [6, 6.07) is 0. The molecule has 1 heterocycles. The lowest BCUT2D eigenvalue weighted by Gasteiger charge is -2.24. The molecule has 1 aliphatic rings. The maximum atomic E-state index is 11.7. The number of ether oxygens (including phenoxy) is 2. The zero-order valence-electron chi connectivity index (χ0n) is 9.21. The van der Waals surface area contributed by atoms with Crippen molar-refractivity contribution in [1.29, 1.82) is 0 Å². The Kier molecular flexibility index (Phi) is 3.10. The summed E-state index contributed by atoms with van der Waals surface area (Å²) in [4.78, 5) is 11.7. The van der Waals surface area contributed by atoms with Gasteiger partial charge in [-0.1, -0.05) is 23.2 Å². The van der Waals surface area contributed by atoms with Crippen LogP contribution in [0.5, 0.6) is 11.5 Å². The largest absolute Gasteiger partial charge is 0.505 e. The van der Waals surface area contributed by atoms with Crippen LogP contribution in [0.4, 0.5) is 0 Å². The Morgan fingerprint density at radius 2 is 2.06 bits per heavy atom. The van der Waals surface area contributed by atoms with Crippen LogP contribution in [0.15, 0.2) is 0 Å². The number of phenols is 1. The molecule has 0 spiro atoms. The summed E-state index contributed by atoms with van der Waals surface area (Å²) in [6.45, 7) is 1.75. The monoisotopic (exact) mass is 276 g/mol. The van der Waals surface area contributed by atoms with Crippen LogP contribution in [0.1, 0.15) is 22.8 Å². The van der Waals surface area contributed by atoms with Crippen molar-refractivity contribution >= 4 is 29.2 Å². The Hall–Kier alpha value is -1.13. The van der Waals surface area contributed by atoms with Crippen molar-refractivity contribution in [3.8, 4) is 11.5 Å². The molecule has 6 heteroatoms. The third-order valence-electron chi connectivity index (χ3n) is 2.62. The van der Waals surface area contributed by atoms with Crippen LogP contribution in [0.25, 0.3) is 0 Å². The van der Waals surface area contributed by atoms with Crippen LogP contribution in [-0.4, -0.2) is 24.3 Å². The first-order chi connectivity index (χ1) is 7.97. The smallest absolute Gasteiger partial charge is 0.342 e. The molecule has 17 heavy (non-hydrogen) atoms. The first-order valence-corrected chi connectivity index (χ1v) is 5.70. The van der Waals surface area contributed by atoms with Gasteiger partial charge in [-0.25, -0.2) is 4.79 Å². The summed E-state index contributed by atoms with van der Waals surface area (Å²) in [5, 5.41) is 10.0. The van der Waals surface area contributed by atoms with Gasteiger partial charge in [-0.3, -0.25) is 0 Å². The van der Waals surface area contributed by atoms with Crippen LogP contribution >= 0.6 is 23.2 Å². The van der Waals surface area contributed by atoms with E-state index >= 15 is 0 Å². The average Bonchev–Trinajstić information content (AvgIpc) is 2.26. The number of esters is 1. The number of carbonyl (C=O) groups excluding carboxylic acids is 1. The second-order valence-corrected chi connectivity index (χ2v) is 4.54. The van der Waals surface area contributed by atoms with E-state index in [4.69, 9.17) is 32.7 Å². The molecule has 0 amide bonds. The molecule has 2 rings (SSSR count). The number of methoxy groups -OCH3 is 1. The molecule has 4 nitrogen and oxygen atoms in total. The summed E-state index contributed by atoms with van der Waals surface area (Å²) in [5.41, 5.74) is 0.535. The van der Waals surface area contributed by atoms with E-state index in [1.165, 1.54) is 7.11 Å². The van der Waals surface area contributed by atoms with Crippen molar-refractivity contribution in [2.75, 3.05) is 7.11 Å². The minimum atomic E-state index is -0.622. The molecule has 0 saturated carbocycles. The lowest BCUT2D eigenvalue weighted by atomic mass is 9.97.